The Morgan fingerprint density at radius 2 is 2.15 bits per heavy atom. The van der Waals surface area contributed by atoms with Crippen molar-refractivity contribution in [2.45, 2.75) is 51.6 Å². The van der Waals surface area contributed by atoms with E-state index in [1.165, 1.54) is 18.4 Å². The van der Waals surface area contributed by atoms with E-state index >= 15 is 0 Å². The summed E-state index contributed by atoms with van der Waals surface area (Å²) in [5, 5.41) is 0. The molecule has 0 saturated carbocycles. The summed E-state index contributed by atoms with van der Waals surface area (Å²) < 4.78 is 10.2. The lowest BCUT2D eigenvalue weighted by atomic mass is 9.97. The number of ether oxygens (including phenoxy) is 1. The maximum absolute atomic E-state index is 12.9. The Hall–Kier alpha value is -2.38. The van der Waals surface area contributed by atoms with Gasteiger partial charge in [0.1, 0.15) is 12.3 Å². The van der Waals surface area contributed by atoms with E-state index in [2.05, 4.69) is 4.98 Å². The van der Waals surface area contributed by atoms with Crippen LogP contribution in [0.4, 0.5) is 0 Å². The molecule has 0 radical (unpaired) electrons. The number of methoxy groups -OCH3 is 1. The Kier molecular flexibility index (Phi) is 5.02. The summed E-state index contributed by atoms with van der Waals surface area (Å²) in [5.41, 5.74) is 0.260. The lowest BCUT2D eigenvalue weighted by molar-refractivity contribution is -0.147. The highest BCUT2D eigenvalue weighted by molar-refractivity contribution is 5.96. The first-order chi connectivity index (χ1) is 12.4. The van der Waals surface area contributed by atoms with Gasteiger partial charge in [-0.25, -0.2) is 4.98 Å². The molecule has 0 aromatic carbocycles. The number of hydrogen-bond acceptors (Lipinski definition) is 6. The molecule has 2 saturated heterocycles. The minimum Gasteiger partial charge on any atom is -0.469 e. The van der Waals surface area contributed by atoms with Crippen LogP contribution < -0.4 is 0 Å². The molecule has 8 heteroatoms. The van der Waals surface area contributed by atoms with E-state index in [0.29, 0.717) is 25.1 Å². The summed E-state index contributed by atoms with van der Waals surface area (Å²) in [6.07, 6.45) is 2.45. The fourth-order valence-electron chi connectivity index (χ4n) is 4.16. The first kappa shape index (κ1) is 18.4. The molecule has 26 heavy (non-hydrogen) atoms. The summed E-state index contributed by atoms with van der Waals surface area (Å²) >= 11 is 0. The SMILES string of the molecule is CC[C@H]1[C@@H](C(=O)OC)C[C@H]2CN(C(=O)c3ncoc3C(C)C)CC(=O)N21. The molecule has 1 aromatic rings. The van der Waals surface area contributed by atoms with Crippen LogP contribution >= 0.6 is 0 Å². The maximum atomic E-state index is 12.9. The minimum atomic E-state index is -0.340. The van der Waals surface area contributed by atoms with Crippen LogP contribution in [0.25, 0.3) is 0 Å². The number of piperazine rings is 1. The van der Waals surface area contributed by atoms with Gasteiger partial charge in [0.2, 0.25) is 5.91 Å². The van der Waals surface area contributed by atoms with Crippen molar-refractivity contribution in [2.24, 2.45) is 5.92 Å². The summed E-state index contributed by atoms with van der Waals surface area (Å²) in [7, 11) is 1.36. The molecule has 0 spiro atoms. The Balaban J connectivity index is 1.81. The van der Waals surface area contributed by atoms with Crippen molar-refractivity contribution >= 4 is 17.8 Å². The number of carbonyl (C=O) groups is 3. The lowest BCUT2D eigenvalue weighted by Gasteiger charge is -2.39. The van der Waals surface area contributed by atoms with Crippen LogP contribution in [0.5, 0.6) is 0 Å². The van der Waals surface area contributed by atoms with Crippen molar-refractivity contribution in [1.82, 2.24) is 14.8 Å². The van der Waals surface area contributed by atoms with Crippen molar-refractivity contribution < 1.29 is 23.5 Å². The average Bonchev–Trinajstić information content (AvgIpc) is 3.24. The van der Waals surface area contributed by atoms with E-state index in [-0.39, 0.29) is 53.9 Å². The highest BCUT2D eigenvalue weighted by atomic mass is 16.5. The second-order valence-electron chi connectivity index (χ2n) is 7.20. The number of carbonyl (C=O) groups excluding carboxylic acids is 3. The van der Waals surface area contributed by atoms with Gasteiger partial charge in [-0.1, -0.05) is 20.8 Å². The van der Waals surface area contributed by atoms with Gasteiger partial charge in [0.15, 0.2) is 12.1 Å². The molecule has 8 nitrogen and oxygen atoms in total. The Bertz CT molecular complexity index is 713. The predicted octanol–water partition coefficient (Wildman–Crippen LogP) is 1.42. The van der Waals surface area contributed by atoms with Gasteiger partial charge in [0, 0.05) is 18.5 Å². The quantitative estimate of drug-likeness (QED) is 0.751. The summed E-state index contributed by atoms with van der Waals surface area (Å²) in [6, 6.07) is -0.348. The number of esters is 1. The Morgan fingerprint density at radius 1 is 1.42 bits per heavy atom. The standard InChI is InChI=1S/C18H25N3O5/c1-5-13-12(18(24)25-4)6-11-7-20(8-14(22)21(11)13)17(23)15-16(10(2)3)26-9-19-15/h9-13H,5-8H2,1-4H3/t11-,12-,13-/m0/s1. The van der Waals surface area contributed by atoms with Gasteiger partial charge in [0.25, 0.3) is 5.91 Å². The fraction of sp³-hybridized carbons (Fsp3) is 0.667. The molecule has 0 N–H and O–H groups in total. The van der Waals surface area contributed by atoms with Crippen molar-refractivity contribution in [3.8, 4) is 0 Å². The van der Waals surface area contributed by atoms with Gasteiger partial charge in [-0.15, -0.1) is 0 Å². The smallest absolute Gasteiger partial charge is 0.310 e. The maximum Gasteiger partial charge on any atom is 0.310 e. The number of amides is 2. The zero-order chi connectivity index (χ0) is 19.0. The second-order valence-corrected chi connectivity index (χ2v) is 7.20. The molecule has 3 heterocycles. The summed E-state index contributed by atoms with van der Waals surface area (Å²) in [5.74, 6) is -0.529. The first-order valence-electron chi connectivity index (χ1n) is 9.00. The number of nitrogens with zero attached hydrogens (tertiary/aromatic N) is 3. The van der Waals surface area contributed by atoms with Gasteiger partial charge in [-0.05, 0) is 12.8 Å². The Labute approximate surface area is 152 Å². The van der Waals surface area contributed by atoms with Crippen LogP contribution in [0.3, 0.4) is 0 Å². The molecular formula is C18H25N3O5. The number of aromatic nitrogens is 1. The predicted molar refractivity (Wildman–Crippen MR) is 91.3 cm³/mol. The molecule has 2 amide bonds. The highest BCUT2D eigenvalue weighted by Crippen LogP contribution is 2.36. The van der Waals surface area contributed by atoms with E-state index in [1.807, 2.05) is 20.8 Å². The van der Waals surface area contributed by atoms with Crippen molar-refractivity contribution in [3.05, 3.63) is 17.8 Å². The Morgan fingerprint density at radius 3 is 2.77 bits per heavy atom. The van der Waals surface area contributed by atoms with E-state index < -0.39 is 0 Å². The minimum absolute atomic E-state index is 0.00980. The first-order valence-corrected chi connectivity index (χ1v) is 9.00. The second kappa shape index (κ2) is 7.09. The number of hydrogen-bond donors (Lipinski definition) is 0. The van der Waals surface area contributed by atoms with Gasteiger partial charge >= 0.3 is 5.97 Å². The number of oxazole rings is 1. The number of rotatable bonds is 4. The van der Waals surface area contributed by atoms with Gasteiger partial charge in [-0.2, -0.15) is 0 Å². The lowest BCUT2D eigenvalue weighted by Crippen LogP contribution is -2.57. The molecule has 142 valence electrons. The zero-order valence-corrected chi connectivity index (χ0v) is 15.6. The largest absolute Gasteiger partial charge is 0.469 e. The van der Waals surface area contributed by atoms with Crippen LogP contribution in [0.2, 0.25) is 0 Å². The monoisotopic (exact) mass is 363 g/mol. The molecule has 3 rings (SSSR count). The normalized spacial score (nSPS) is 25.6. The van der Waals surface area contributed by atoms with Crippen LogP contribution in [0.15, 0.2) is 10.8 Å². The fourth-order valence-corrected chi connectivity index (χ4v) is 4.16. The third-order valence-corrected chi connectivity index (χ3v) is 5.32. The molecule has 0 unspecified atom stereocenters. The van der Waals surface area contributed by atoms with Gasteiger partial charge in [-0.3, -0.25) is 14.4 Å². The molecule has 0 bridgehead atoms. The summed E-state index contributed by atoms with van der Waals surface area (Å²) in [6.45, 7) is 6.18. The van der Waals surface area contributed by atoms with E-state index in [1.54, 1.807) is 4.90 Å². The van der Waals surface area contributed by atoms with E-state index in [0.717, 1.165) is 0 Å². The van der Waals surface area contributed by atoms with E-state index in [4.69, 9.17) is 9.15 Å². The molecule has 0 aliphatic carbocycles. The summed E-state index contributed by atoms with van der Waals surface area (Å²) in [4.78, 5) is 45.1. The molecule has 1 aromatic heterocycles. The zero-order valence-electron chi connectivity index (χ0n) is 15.6. The van der Waals surface area contributed by atoms with Crippen LogP contribution in [0.1, 0.15) is 55.8 Å². The van der Waals surface area contributed by atoms with Crippen LogP contribution in [-0.2, 0) is 14.3 Å². The molecule has 2 fully saturated rings. The van der Waals surface area contributed by atoms with Crippen LogP contribution in [-0.4, -0.2) is 64.9 Å². The average molecular weight is 363 g/mol. The highest BCUT2D eigenvalue weighted by Gasteiger charge is 2.50. The third kappa shape index (κ3) is 2.97. The van der Waals surface area contributed by atoms with Gasteiger partial charge in [0.05, 0.1) is 19.1 Å². The van der Waals surface area contributed by atoms with Crippen LogP contribution in [0, 0.1) is 5.92 Å². The molecule has 2 aliphatic rings. The third-order valence-electron chi connectivity index (χ3n) is 5.32. The molecule has 3 atom stereocenters. The van der Waals surface area contributed by atoms with Crippen molar-refractivity contribution in [1.29, 1.82) is 0 Å². The van der Waals surface area contributed by atoms with E-state index in [9.17, 15) is 14.4 Å². The number of fused-ring (bicyclic) bond motifs is 1. The van der Waals surface area contributed by atoms with Crippen molar-refractivity contribution in [3.63, 3.8) is 0 Å². The van der Waals surface area contributed by atoms with Crippen molar-refractivity contribution in [2.75, 3.05) is 20.2 Å². The molecule has 2 aliphatic heterocycles. The van der Waals surface area contributed by atoms with Gasteiger partial charge < -0.3 is 19.0 Å². The molecular weight excluding hydrogens is 338 g/mol. The topological polar surface area (TPSA) is 93.0 Å².